The maximum Gasteiger partial charge on any atom is 0.404 e. The number of nitrogens with two attached hydrogens (primary N) is 1. The molecule has 0 saturated carbocycles. The van der Waals surface area contributed by atoms with Crippen LogP contribution in [0.2, 0.25) is 0 Å². The average Bonchev–Trinajstić information content (AvgIpc) is 3.12. The van der Waals surface area contributed by atoms with Crippen LogP contribution in [-0.4, -0.2) is 48.3 Å². The molecule has 0 radical (unpaired) electrons. The van der Waals surface area contributed by atoms with Gasteiger partial charge in [0.25, 0.3) is 0 Å². The van der Waals surface area contributed by atoms with Crippen molar-refractivity contribution < 1.29 is 14.3 Å². The quantitative estimate of drug-likeness (QED) is 0.639. The molecule has 6 nitrogen and oxygen atoms in total. The molecule has 1 aliphatic rings. The van der Waals surface area contributed by atoms with Gasteiger partial charge in [0.15, 0.2) is 0 Å². The van der Waals surface area contributed by atoms with Gasteiger partial charge in [-0.1, -0.05) is 24.3 Å². The second-order valence-corrected chi connectivity index (χ2v) is 8.34. The SMILES string of the molecule is NC(=O)OC1CCN(CCOc2ccc(Cc3nc4ccccc4s3)cc2)CC1. The molecule has 2 heterocycles. The second-order valence-electron chi connectivity index (χ2n) is 7.22. The third-order valence-electron chi connectivity index (χ3n) is 5.11. The van der Waals surface area contributed by atoms with Crippen molar-refractivity contribution in [3.05, 3.63) is 59.1 Å². The molecule has 1 aromatic heterocycles. The van der Waals surface area contributed by atoms with Gasteiger partial charge in [-0.25, -0.2) is 9.78 Å². The highest BCUT2D eigenvalue weighted by atomic mass is 32.1. The van der Waals surface area contributed by atoms with Gasteiger partial charge in [-0.3, -0.25) is 4.90 Å². The van der Waals surface area contributed by atoms with E-state index in [1.165, 1.54) is 10.3 Å². The molecule has 0 spiro atoms. The minimum Gasteiger partial charge on any atom is -0.492 e. The molecule has 29 heavy (non-hydrogen) atoms. The molecule has 7 heteroatoms. The Kier molecular flexibility index (Phi) is 6.27. The third-order valence-corrected chi connectivity index (χ3v) is 6.15. The highest BCUT2D eigenvalue weighted by Crippen LogP contribution is 2.24. The molecule has 2 aromatic carbocycles. The largest absolute Gasteiger partial charge is 0.492 e. The van der Waals surface area contributed by atoms with E-state index in [0.29, 0.717) is 6.61 Å². The molecule has 1 saturated heterocycles. The molecule has 0 bridgehead atoms. The zero-order valence-electron chi connectivity index (χ0n) is 16.3. The Morgan fingerprint density at radius 1 is 1.14 bits per heavy atom. The van der Waals surface area contributed by atoms with Gasteiger partial charge < -0.3 is 15.2 Å². The van der Waals surface area contributed by atoms with Gasteiger partial charge in [0, 0.05) is 26.1 Å². The fourth-order valence-corrected chi connectivity index (χ4v) is 4.58. The summed E-state index contributed by atoms with van der Waals surface area (Å²) in [5.41, 5.74) is 7.37. The van der Waals surface area contributed by atoms with E-state index >= 15 is 0 Å². The summed E-state index contributed by atoms with van der Waals surface area (Å²) in [4.78, 5) is 17.8. The van der Waals surface area contributed by atoms with Crippen molar-refractivity contribution in [1.82, 2.24) is 9.88 Å². The summed E-state index contributed by atoms with van der Waals surface area (Å²) in [5, 5.41) is 1.13. The van der Waals surface area contributed by atoms with Crippen LogP contribution in [0.25, 0.3) is 10.2 Å². The number of thiazole rings is 1. The number of ether oxygens (including phenoxy) is 2. The smallest absolute Gasteiger partial charge is 0.404 e. The van der Waals surface area contributed by atoms with Gasteiger partial charge in [-0.05, 0) is 42.7 Å². The number of rotatable bonds is 7. The number of benzene rings is 2. The lowest BCUT2D eigenvalue weighted by Crippen LogP contribution is -2.40. The van der Waals surface area contributed by atoms with Gasteiger partial charge in [-0.15, -0.1) is 11.3 Å². The van der Waals surface area contributed by atoms with Crippen LogP contribution in [-0.2, 0) is 11.2 Å². The number of hydrogen-bond acceptors (Lipinski definition) is 6. The van der Waals surface area contributed by atoms with Crippen molar-refractivity contribution in [2.24, 2.45) is 5.73 Å². The summed E-state index contributed by atoms with van der Waals surface area (Å²) in [6, 6.07) is 16.5. The Hall–Kier alpha value is -2.64. The lowest BCUT2D eigenvalue weighted by atomic mass is 10.1. The fraction of sp³-hybridized carbons (Fsp3) is 0.364. The first kappa shape index (κ1) is 19.7. The van der Waals surface area contributed by atoms with Crippen LogP contribution in [0.1, 0.15) is 23.4 Å². The van der Waals surface area contributed by atoms with E-state index in [2.05, 4.69) is 29.2 Å². The van der Waals surface area contributed by atoms with E-state index in [0.717, 1.165) is 55.2 Å². The Morgan fingerprint density at radius 2 is 1.90 bits per heavy atom. The average molecular weight is 412 g/mol. The van der Waals surface area contributed by atoms with Crippen LogP contribution in [0.15, 0.2) is 48.5 Å². The number of carbonyl (C=O) groups is 1. The highest BCUT2D eigenvalue weighted by molar-refractivity contribution is 7.18. The Balaban J connectivity index is 1.21. The number of fused-ring (bicyclic) bond motifs is 1. The van der Waals surface area contributed by atoms with Crippen molar-refractivity contribution in [1.29, 1.82) is 0 Å². The van der Waals surface area contributed by atoms with E-state index in [-0.39, 0.29) is 6.10 Å². The van der Waals surface area contributed by atoms with E-state index in [4.69, 9.17) is 20.2 Å². The monoisotopic (exact) mass is 411 g/mol. The predicted octanol–water partition coefficient (Wildman–Crippen LogP) is 3.83. The Labute approximate surface area is 174 Å². The standard InChI is InChI=1S/C22H25N3O3S/c23-22(26)28-18-9-11-25(12-10-18)13-14-27-17-7-5-16(6-8-17)15-21-24-19-3-1-2-4-20(19)29-21/h1-8,18H,9-15H2,(H2,23,26). The van der Waals surface area contributed by atoms with Crippen molar-refractivity contribution in [3.63, 3.8) is 0 Å². The third kappa shape index (κ3) is 5.46. The molecule has 3 aromatic rings. The number of likely N-dealkylation sites (tertiary alicyclic amines) is 1. The van der Waals surface area contributed by atoms with Crippen LogP contribution in [0.4, 0.5) is 4.79 Å². The molecule has 0 atom stereocenters. The van der Waals surface area contributed by atoms with Crippen LogP contribution in [0.5, 0.6) is 5.75 Å². The van der Waals surface area contributed by atoms with Gasteiger partial charge >= 0.3 is 6.09 Å². The summed E-state index contributed by atoms with van der Waals surface area (Å²) in [6.07, 6.45) is 1.75. The van der Waals surface area contributed by atoms with E-state index < -0.39 is 6.09 Å². The first-order valence-corrected chi connectivity index (χ1v) is 10.7. The van der Waals surface area contributed by atoms with Gasteiger partial charge in [0.2, 0.25) is 0 Å². The van der Waals surface area contributed by atoms with Crippen LogP contribution < -0.4 is 10.5 Å². The molecule has 1 aliphatic heterocycles. The molecular formula is C22H25N3O3S. The predicted molar refractivity (Wildman–Crippen MR) is 114 cm³/mol. The first-order valence-electron chi connectivity index (χ1n) is 9.90. The highest BCUT2D eigenvalue weighted by Gasteiger charge is 2.21. The Bertz CT molecular complexity index is 916. The van der Waals surface area contributed by atoms with Crippen LogP contribution in [0, 0.1) is 0 Å². The summed E-state index contributed by atoms with van der Waals surface area (Å²) < 4.78 is 12.2. The number of amides is 1. The second kappa shape index (κ2) is 9.24. The fourth-order valence-electron chi connectivity index (χ4n) is 3.58. The summed E-state index contributed by atoms with van der Waals surface area (Å²) >= 11 is 1.75. The lowest BCUT2D eigenvalue weighted by Gasteiger charge is -2.31. The number of primary amides is 1. The number of para-hydroxylation sites is 1. The molecule has 2 N–H and O–H groups in total. The van der Waals surface area contributed by atoms with E-state index in [9.17, 15) is 4.79 Å². The van der Waals surface area contributed by atoms with Gasteiger partial charge in [0.05, 0.1) is 15.2 Å². The molecule has 0 aliphatic carbocycles. The van der Waals surface area contributed by atoms with Crippen LogP contribution in [0.3, 0.4) is 0 Å². The van der Waals surface area contributed by atoms with Gasteiger partial charge in [0.1, 0.15) is 18.5 Å². The number of aromatic nitrogens is 1. The van der Waals surface area contributed by atoms with Gasteiger partial charge in [-0.2, -0.15) is 0 Å². The topological polar surface area (TPSA) is 77.7 Å². The normalized spacial score (nSPS) is 15.4. The lowest BCUT2D eigenvalue weighted by molar-refractivity contribution is 0.0523. The zero-order chi connectivity index (χ0) is 20.1. The van der Waals surface area contributed by atoms with Crippen LogP contribution >= 0.6 is 11.3 Å². The number of carbonyl (C=O) groups excluding carboxylic acids is 1. The van der Waals surface area contributed by atoms with Crippen molar-refractivity contribution in [3.8, 4) is 5.75 Å². The molecule has 4 rings (SSSR count). The van der Waals surface area contributed by atoms with Crippen molar-refractivity contribution in [2.75, 3.05) is 26.2 Å². The molecule has 1 fully saturated rings. The maximum atomic E-state index is 10.8. The first-order chi connectivity index (χ1) is 14.2. The molecule has 152 valence electrons. The number of piperidine rings is 1. The minimum absolute atomic E-state index is 0.0485. The maximum absolute atomic E-state index is 10.8. The van der Waals surface area contributed by atoms with Crippen molar-refractivity contribution in [2.45, 2.75) is 25.4 Å². The summed E-state index contributed by atoms with van der Waals surface area (Å²) in [6.45, 7) is 3.28. The van der Waals surface area contributed by atoms with E-state index in [1.807, 2.05) is 24.3 Å². The van der Waals surface area contributed by atoms with Crippen molar-refractivity contribution >= 4 is 27.6 Å². The minimum atomic E-state index is -0.682. The molecular weight excluding hydrogens is 386 g/mol. The van der Waals surface area contributed by atoms with E-state index in [1.54, 1.807) is 11.3 Å². The number of hydrogen-bond donors (Lipinski definition) is 1. The molecule has 0 unspecified atom stereocenters. The Morgan fingerprint density at radius 3 is 2.62 bits per heavy atom. The summed E-state index contributed by atoms with van der Waals surface area (Å²) in [5.74, 6) is 0.880. The molecule has 1 amide bonds. The zero-order valence-corrected chi connectivity index (χ0v) is 17.1. The summed E-state index contributed by atoms with van der Waals surface area (Å²) in [7, 11) is 0. The number of nitrogens with zero attached hydrogens (tertiary/aromatic N) is 2.